The van der Waals surface area contributed by atoms with Crippen LogP contribution < -0.4 is 5.73 Å². The highest BCUT2D eigenvalue weighted by Gasteiger charge is 2.14. The van der Waals surface area contributed by atoms with Crippen LogP contribution in [0.25, 0.3) is 0 Å². The molecule has 0 fully saturated rings. The van der Waals surface area contributed by atoms with Gasteiger partial charge in [0, 0.05) is 6.42 Å². The summed E-state index contributed by atoms with van der Waals surface area (Å²) >= 11 is 0. The van der Waals surface area contributed by atoms with E-state index in [1.165, 1.54) is 0 Å². The molecule has 2 atom stereocenters. The van der Waals surface area contributed by atoms with Crippen molar-refractivity contribution in [1.82, 2.24) is 0 Å². The lowest BCUT2D eigenvalue weighted by atomic mass is 10.1. The number of allylic oxidation sites excluding steroid dienone is 2. The average Bonchev–Trinajstić information content (AvgIpc) is 2.06. The molecule has 2 N–H and O–H groups in total. The van der Waals surface area contributed by atoms with E-state index in [0.717, 1.165) is 6.42 Å². The Balaban J connectivity index is 2.37. The second-order valence-corrected chi connectivity index (χ2v) is 2.81. The molecule has 1 unspecified atom stereocenters. The van der Waals surface area contributed by atoms with Crippen LogP contribution in [0, 0.1) is 0 Å². The van der Waals surface area contributed by atoms with Crippen LogP contribution in [0.2, 0.25) is 0 Å². The highest BCUT2D eigenvalue weighted by molar-refractivity contribution is 5.75. The summed E-state index contributed by atoms with van der Waals surface area (Å²) in [5.74, 6) is -0.347. The molecular formula is C9H13NO2. The van der Waals surface area contributed by atoms with E-state index in [0.29, 0.717) is 0 Å². The van der Waals surface area contributed by atoms with Gasteiger partial charge in [0.1, 0.15) is 12.1 Å². The van der Waals surface area contributed by atoms with Gasteiger partial charge in [0.25, 0.3) is 0 Å². The first kappa shape index (κ1) is 9.00. The molecule has 3 nitrogen and oxygen atoms in total. The largest absolute Gasteiger partial charge is 0.457 e. The lowest BCUT2D eigenvalue weighted by molar-refractivity contribution is -0.147. The van der Waals surface area contributed by atoms with Crippen LogP contribution in [0.4, 0.5) is 0 Å². The van der Waals surface area contributed by atoms with Crippen molar-refractivity contribution in [3.05, 3.63) is 24.3 Å². The molecular weight excluding hydrogens is 154 g/mol. The Bertz CT molecular complexity index is 219. The number of ether oxygens (including phenoxy) is 1. The molecule has 0 saturated heterocycles. The zero-order valence-corrected chi connectivity index (χ0v) is 7.07. The van der Waals surface area contributed by atoms with Crippen LogP contribution in [0.3, 0.4) is 0 Å². The Labute approximate surface area is 71.9 Å². The number of carbonyl (C=O) groups is 1. The first-order valence-electron chi connectivity index (χ1n) is 3.99. The highest BCUT2D eigenvalue weighted by Crippen LogP contribution is 2.07. The van der Waals surface area contributed by atoms with Crippen LogP contribution in [-0.4, -0.2) is 18.1 Å². The van der Waals surface area contributed by atoms with Crippen molar-refractivity contribution in [2.45, 2.75) is 25.5 Å². The molecule has 0 heterocycles. The molecule has 0 radical (unpaired) electrons. The van der Waals surface area contributed by atoms with Crippen molar-refractivity contribution < 1.29 is 9.53 Å². The maximum Gasteiger partial charge on any atom is 0.323 e. The predicted octanol–water partition coefficient (Wildman–Crippen LogP) is 0.762. The molecule has 1 aliphatic carbocycles. The summed E-state index contributed by atoms with van der Waals surface area (Å²) in [5, 5.41) is 0. The topological polar surface area (TPSA) is 52.3 Å². The molecule has 0 bridgehead atoms. The summed E-state index contributed by atoms with van der Waals surface area (Å²) in [7, 11) is 0. The first-order valence-corrected chi connectivity index (χ1v) is 3.99. The smallest absolute Gasteiger partial charge is 0.323 e. The van der Waals surface area contributed by atoms with Gasteiger partial charge < -0.3 is 10.5 Å². The van der Waals surface area contributed by atoms with Gasteiger partial charge in [-0.15, -0.1) is 0 Å². The second kappa shape index (κ2) is 4.07. The number of hydrogen-bond acceptors (Lipinski definition) is 3. The van der Waals surface area contributed by atoms with E-state index >= 15 is 0 Å². The van der Waals surface area contributed by atoms with Crippen molar-refractivity contribution in [1.29, 1.82) is 0 Å². The van der Waals surface area contributed by atoms with E-state index in [1.807, 2.05) is 24.3 Å². The minimum Gasteiger partial charge on any atom is -0.457 e. The minimum atomic E-state index is -0.538. The first-order chi connectivity index (χ1) is 5.70. The molecule has 12 heavy (non-hydrogen) atoms. The van der Waals surface area contributed by atoms with Crippen molar-refractivity contribution in [3.8, 4) is 0 Å². The Morgan fingerprint density at radius 1 is 1.67 bits per heavy atom. The Hall–Kier alpha value is -1.09. The SMILES string of the molecule is C[C@H](N)C(=O)OC1C=CC=CC1. The fourth-order valence-electron chi connectivity index (χ4n) is 0.902. The molecule has 0 aromatic rings. The maximum atomic E-state index is 11.0. The number of esters is 1. The number of hydrogen-bond donors (Lipinski definition) is 1. The Morgan fingerprint density at radius 3 is 2.92 bits per heavy atom. The van der Waals surface area contributed by atoms with E-state index in [1.54, 1.807) is 6.92 Å². The van der Waals surface area contributed by atoms with Gasteiger partial charge in [-0.2, -0.15) is 0 Å². The zero-order chi connectivity index (χ0) is 8.97. The normalized spacial score (nSPS) is 23.7. The molecule has 0 aliphatic heterocycles. The van der Waals surface area contributed by atoms with Gasteiger partial charge in [-0.05, 0) is 13.0 Å². The van der Waals surface area contributed by atoms with E-state index in [2.05, 4.69) is 0 Å². The van der Waals surface area contributed by atoms with Gasteiger partial charge in [-0.25, -0.2) is 0 Å². The lowest BCUT2D eigenvalue weighted by Crippen LogP contribution is -2.31. The molecule has 0 aromatic carbocycles. The predicted molar refractivity (Wildman–Crippen MR) is 46.4 cm³/mol. The van der Waals surface area contributed by atoms with Gasteiger partial charge >= 0.3 is 5.97 Å². The third kappa shape index (κ3) is 2.51. The Morgan fingerprint density at radius 2 is 2.42 bits per heavy atom. The van der Waals surface area contributed by atoms with Crippen molar-refractivity contribution in [3.63, 3.8) is 0 Å². The molecule has 0 amide bonds. The van der Waals surface area contributed by atoms with E-state index < -0.39 is 6.04 Å². The summed E-state index contributed by atoms with van der Waals surface area (Å²) in [4.78, 5) is 11.0. The van der Waals surface area contributed by atoms with Crippen LogP contribution in [0.1, 0.15) is 13.3 Å². The molecule has 0 spiro atoms. The van der Waals surface area contributed by atoms with Crippen molar-refractivity contribution >= 4 is 5.97 Å². The van der Waals surface area contributed by atoms with Gasteiger partial charge in [0.15, 0.2) is 0 Å². The Kier molecular flexibility index (Phi) is 3.05. The standard InChI is InChI=1S/C9H13NO2/c1-7(10)9(11)12-8-5-3-2-4-6-8/h2-5,7-8H,6,10H2,1H3/t7-,8?/m0/s1. The van der Waals surface area contributed by atoms with Gasteiger partial charge in [0.2, 0.25) is 0 Å². The lowest BCUT2D eigenvalue weighted by Gasteiger charge is -2.15. The average molecular weight is 167 g/mol. The van der Waals surface area contributed by atoms with Crippen LogP contribution >= 0.6 is 0 Å². The van der Waals surface area contributed by atoms with Crippen LogP contribution in [0.15, 0.2) is 24.3 Å². The number of carbonyl (C=O) groups excluding carboxylic acids is 1. The van der Waals surface area contributed by atoms with Gasteiger partial charge in [-0.3, -0.25) is 4.79 Å². The summed E-state index contributed by atoms with van der Waals surface area (Å²) in [6, 6.07) is -0.538. The van der Waals surface area contributed by atoms with Crippen molar-refractivity contribution in [2.75, 3.05) is 0 Å². The van der Waals surface area contributed by atoms with E-state index in [4.69, 9.17) is 10.5 Å². The van der Waals surface area contributed by atoms with Gasteiger partial charge in [0.05, 0.1) is 0 Å². The molecule has 0 aromatic heterocycles. The third-order valence-electron chi connectivity index (χ3n) is 1.58. The molecule has 1 aliphatic rings. The van der Waals surface area contributed by atoms with Crippen molar-refractivity contribution in [2.24, 2.45) is 5.73 Å². The second-order valence-electron chi connectivity index (χ2n) is 2.81. The van der Waals surface area contributed by atoms with E-state index in [9.17, 15) is 4.79 Å². The van der Waals surface area contributed by atoms with Crippen LogP contribution in [0.5, 0.6) is 0 Å². The number of rotatable bonds is 2. The maximum absolute atomic E-state index is 11.0. The minimum absolute atomic E-state index is 0.131. The molecule has 3 heteroatoms. The summed E-state index contributed by atoms with van der Waals surface area (Å²) in [6.45, 7) is 1.62. The summed E-state index contributed by atoms with van der Waals surface area (Å²) in [5.41, 5.74) is 5.34. The number of nitrogens with two attached hydrogens (primary N) is 1. The van der Waals surface area contributed by atoms with Crippen LogP contribution in [-0.2, 0) is 9.53 Å². The monoisotopic (exact) mass is 167 g/mol. The molecule has 1 rings (SSSR count). The fourth-order valence-corrected chi connectivity index (χ4v) is 0.902. The quantitative estimate of drug-likeness (QED) is 0.618. The fraction of sp³-hybridized carbons (Fsp3) is 0.444. The molecule has 66 valence electrons. The highest BCUT2D eigenvalue weighted by atomic mass is 16.5. The van der Waals surface area contributed by atoms with Gasteiger partial charge in [-0.1, -0.05) is 18.2 Å². The third-order valence-corrected chi connectivity index (χ3v) is 1.58. The zero-order valence-electron chi connectivity index (χ0n) is 7.07. The van der Waals surface area contributed by atoms with E-state index in [-0.39, 0.29) is 12.1 Å². The molecule has 0 saturated carbocycles. The summed E-state index contributed by atoms with van der Waals surface area (Å²) in [6.07, 6.45) is 8.21. The summed E-state index contributed by atoms with van der Waals surface area (Å²) < 4.78 is 5.05.